The van der Waals surface area contributed by atoms with E-state index in [4.69, 9.17) is 15.9 Å². The van der Waals surface area contributed by atoms with Gasteiger partial charge >= 0.3 is 0 Å². The van der Waals surface area contributed by atoms with Crippen molar-refractivity contribution in [2.75, 3.05) is 11.9 Å². The van der Waals surface area contributed by atoms with E-state index in [1.807, 2.05) is 31.2 Å². The van der Waals surface area contributed by atoms with Crippen LogP contribution in [-0.4, -0.2) is 23.3 Å². The summed E-state index contributed by atoms with van der Waals surface area (Å²) in [5.74, 6) is -0.555. The van der Waals surface area contributed by atoms with Gasteiger partial charge in [0.05, 0.1) is 29.8 Å². The van der Waals surface area contributed by atoms with E-state index in [0.717, 1.165) is 30.2 Å². The number of hydrogen-bond acceptors (Lipinski definition) is 6. The van der Waals surface area contributed by atoms with E-state index >= 15 is 0 Å². The summed E-state index contributed by atoms with van der Waals surface area (Å²) < 4.78 is 20.0. The molecule has 1 spiro atoms. The number of carbonyl (C=O) groups excluding carboxylic acids is 1. The molecule has 1 heterocycles. The number of hydrogen-bond donors (Lipinski definition) is 5. The molecule has 1 aliphatic carbocycles. The van der Waals surface area contributed by atoms with Crippen LogP contribution in [0.25, 0.3) is 11.1 Å². The molecule has 40 heavy (non-hydrogen) atoms. The minimum atomic E-state index is -0.532. The average Bonchev–Trinajstić information content (AvgIpc) is 3.68. The molecule has 7 nitrogen and oxygen atoms in total. The van der Waals surface area contributed by atoms with Crippen molar-refractivity contribution >= 4 is 28.5 Å². The lowest BCUT2D eigenvalue weighted by Crippen LogP contribution is -2.32. The van der Waals surface area contributed by atoms with E-state index in [1.165, 1.54) is 12.1 Å². The lowest BCUT2D eigenvalue weighted by molar-refractivity contribution is -0.116. The summed E-state index contributed by atoms with van der Waals surface area (Å²) >= 11 is 0. The molecule has 8 heteroatoms. The smallest absolute Gasteiger partial charge is 0.259 e. The van der Waals surface area contributed by atoms with Crippen LogP contribution in [0.2, 0.25) is 0 Å². The summed E-state index contributed by atoms with van der Waals surface area (Å²) in [6.07, 6.45) is 2.91. The van der Waals surface area contributed by atoms with E-state index in [9.17, 15) is 14.3 Å². The Bertz CT molecular complexity index is 1490. The predicted molar refractivity (Wildman–Crippen MR) is 158 cm³/mol. The van der Waals surface area contributed by atoms with E-state index in [1.54, 1.807) is 19.9 Å². The highest BCUT2D eigenvalue weighted by atomic mass is 19.1. The third-order valence-electron chi connectivity index (χ3n) is 7.31. The maximum absolute atomic E-state index is 14.1. The number of allylic oxidation sites excluding steroid dienone is 2. The van der Waals surface area contributed by atoms with Gasteiger partial charge in [-0.05, 0) is 74.1 Å². The summed E-state index contributed by atoms with van der Waals surface area (Å²) in [5.41, 5.74) is 11.6. The van der Waals surface area contributed by atoms with E-state index in [0.29, 0.717) is 64.0 Å². The van der Waals surface area contributed by atoms with Crippen LogP contribution in [0.3, 0.4) is 0 Å². The molecule has 0 unspecified atom stereocenters. The molecule has 208 valence electrons. The van der Waals surface area contributed by atoms with Gasteiger partial charge in [-0.1, -0.05) is 32.2 Å². The van der Waals surface area contributed by atoms with Gasteiger partial charge in [-0.2, -0.15) is 0 Å². The van der Waals surface area contributed by atoms with Gasteiger partial charge in [0.25, 0.3) is 5.91 Å². The van der Waals surface area contributed by atoms with Crippen LogP contribution < -0.4 is 21.1 Å². The van der Waals surface area contributed by atoms with Crippen molar-refractivity contribution < 1.29 is 19.0 Å². The minimum Gasteiger partial charge on any atom is -0.515 e. The van der Waals surface area contributed by atoms with Crippen molar-refractivity contribution in [2.24, 2.45) is 11.1 Å². The summed E-state index contributed by atoms with van der Waals surface area (Å²) in [6.45, 7) is 13.8. The number of rotatable bonds is 9. The molecule has 0 aromatic heterocycles. The van der Waals surface area contributed by atoms with Crippen LogP contribution in [0.15, 0.2) is 90.1 Å². The van der Waals surface area contributed by atoms with E-state index in [2.05, 4.69) is 23.8 Å². The zero-order valence-electron chi connectivity index (χ0n) is 23.1. The molecule has 0 atom stereocenters. The molecule has 0 saturated heterocycles. The van der Waals surface area contributed by atoms with Crippen LogP contribution in [0.5, 0.6) is 5.75 Å². The number of nitrogens with one attached hydrogen (secondary N) is 3. The predicted octanol–water partition coefficient (Wildman–Crippen LogP) is 6.59. The minimum absolute atomic E-state index is 0.0625. The number of anilines is 1. The molecule has 6 N–H and O–H groups in total. The first-order valence-electron chi connectivity index (χ1n) is 13.1. The number of aliphatic hydroxyl groups is 1. The third kappa shape index (κ3) is 5.57. The van der Waals surface area contributed by atoms with Crippen LogP contribution in [0.1, 0.15) is 51.2 Å². The SMILES string of the molecule is C=C(CC)/C(=C\O)C(=O)N/C(C(=C)Nc1ccc(/C(C(C)=N)=C(\C)N)cc1)=C1/c2ccc(F)cc2OCC12CC2. The Balaban J connectivity index is 1.78. The van der Waals surface area contributed by atoms with Crippen molar-refractivity contribution in [3.63, 3.8) is 0 Å². The Hall–Kier alpha value is -4.59. The molecule has 2 aromatic carbocycles. The fraction of sp³-hybridized carbons (Fsp3) is 0.250. The number of carbonyl (C=O) groups is 1. The molecular weight excluding hydrogens is 507 g/mol. The van der Waals surface area contributed by atoms with E-state index in [-0.39, 0.29) is 11.0 Å². The summed E-state index contributed by atoms with van der Waals surface area (Å²) in [7, 11) is 0. The summed E-state index contributed by atoms with van der Waals surface area (Å²) in [4.78, 5) is 13.4. The average molecular weight is 543 g/mol. The Morgan fingerprint density at radius 3 is 2.42 bits per heavy atom. The number of aliphatic hydroxyl groups excluding tert-OH is 1. The van der Waals surface area contributed by atoms with Crippen molar-refractivity contribution in [1.82, 2.24) is 5.32 Å². The molecule has 1 amide bonds. The molecule has 1 fully saturated rings. The molecule has 0 bridgehead atoms. The van der Waals surface area contributed by atoms with Gasteiger partial charge in [-0.3, -0.25) is 4.79 Å². The van der Waals surface area contributed by atoms with Gasteiger partial charge < -0.3 is 31.6 Å². The highest BCUT2D eigenvalue weighted by Crippen LogP contribution is 2.60. The second-order valence-electron chi connectivity index (χ2n) is 10.3. The molecule has 2 aliphatic rings. The largest absolute Gasteiger partial charge is 0.515 e. The van der Waals surface area contributed by atoms with Gasteiger partial charge in [0.15, 0.2) is 0 Å². The van der Waals surface area contributed by atoms with Crippen molar-refractivity contribution in [1.29, 1.82) is 5.41 Å². The summed E-state index contributed by atoms with van der Waals surface area (Å²) in [5, 5.41) is 24.1. The number of amides is 1. The Morgan fingerprint density at radius 2 is 1.88 bits per heavy atom. The van der Waals surface area contributed by atoms with E-state index < -0.39 is 11.7 Å². The molecule has 0 radical (unpaired) electrons. The van der Waals surface area contributed by atoms with Gasteiger partial charge in [-0.25, -0.2) is 4.39 Å². The molecule has 1 saturated carbocycles. The summed E-state index contributed by atoms with van der Waals surface area (Å²) in [6, 6.07) is 11.8. The lowest BCUT2D eigenvalue weighted by Gasteiger charge is -2.32. The number of benzene rings is 2. The highest BCUT2D eigenvalue weighted by molar-refractivity contribution is 6.21. The molecule has 4 rings (SSSR count). The maximum atomic E-state index is 14.1. The van der Waals surface area contributed by atoms with Crippen molar-refractivity contribution in [3.8, 4) is 5.75 Å². The first-order valence-corrected chi connectivity index (χ1v) is 13.1. The van der Waals surface area contributed by atoms with Gasteiger partial charge in [0.1, 0.15) is 11.6 Å². The van der Waals surface area contributed by atoms with Gasteiger partial charge in [0.2, 0.25) is 0 Å². The quantitative estimate of drug-likeness (QED) is 0.106. The topological polar surface area (TPSA) is 120 Å². The standard InChI is InChI=1S/C32H35FN4O3/c1-6-18(2)26(16-38)31(39)37-30(29-25-12-9-23(33)15-27(25)40-17-32(29)13-14-32)21(5)36-24-10-7-22(8-11-24)28(19(3)34)20(4)35/h7-12,15-16,34,36,38H,2,5-6,13-14,17,35H2,1,3-4H3,(H,37,39)/b26-16+,28-20+,30-29-,34-19?. The number of fused-ring (bicyclic) bond motifs is 1. The second-order valence-corrected chi connectivity index (χ2v) is 10.3. The van der Waals surface area contributed by atoms with Crippen LogP contribution in [0.4, 0.5) is 10.1 Å². The van der Waals surface area contributed by atoms with Crippen molar-refractivity contribution in [2.45, 2.75) is 40.0 Å². The molecule has 2 aromatic rings. The van der Waals surface area contributed by atoms with Crippen LogP contribution in [0, 0.1) is 16.6 Å². The van der Waals surface area contributed by atoms with Crippen LogP contribution in [-0.2, 0) is 4.79 Å². The number of ether oxygens (including phenoxy) is 1. The van der Waals surface area contributed by atoms with Gasteiger partial charge in [0, 0.05) is 39.7 Å². The maximum Gasteiger partial charge on any atom is 0.259 e. The fourth-order valence-electron chi connectivity index (χ4n) is 5.01. The molecule has 1 aliphatic heterocycles. The lowest BCUT2D eigenvalue weighted by atomic mass is 9.85. The monoisotopic (exact) mass is 542 g/mol. The zero-order chi connectivity index (χ0) is 29.2. The number of halogens is 1. The second kappa shape index (κ2) is 11.3. The van der Waals surface area contributed by atoms with Gasteiger partial charge in [-0.15, -0.1) is 0 Å². The first-order chi connectivity index (χ1) is 19.0. The first kappa shape index (κ1) is 28.4. The third-order valence-corrected chi connectivity index (χ3v) is 7.31. The Labute approximate surface area is 234 Å². The van der Waals surface area contributed by atoms with Crippen LogP contribution >= 0.6 is 0 Å². The zero-order valence-corrected chi connectivity index (χ0v) is 23.1. The molecular formula is C32H35FN4O3. The Morgan fingerprint density at radius 1 is 1.20 bits per heavy atom. The highest BCUT2D eigenvalue weighted by Gasteiger charge is 2.52. The fourth-order valence-corrected chi connectivity index (χ4v) is 5.01. The Kier molecular flexibility index (Phi) is 8.00. The normalized spacial score (nSPS) is 17.1. The van der Waals surface area contributed by atoms with Crippen molar-refractivity contribution in [3.05, 3.63) is 107 Å². The number of nitrogens with two attached hydrogens (primary N) is 1.